The molecule has 0 fully saturated rings. The molecule has 0 aliphatic carbocycles. The molecule has 0 saturated carbocycles. The number of esters is 1. The molecule has 0 radical (unpaired) electrons. The molecular formula is C12H17NO4. The number of hydrogen-bond donors (Lipinski definition) is 2. The summed E-state index contributed by atoms with van der Waals surface area (Å²) in [5.41, 5.74) is 6.13. The molecule has 17 heavy (non-hydrogen) atoms. The number of benzene rings is 1. The van der Waals surface area contributed by atoms with E-state index in [2.05, 4.69) is 0 Å². The van der Waals surface area contributed by atoms with E-state index in [1.54, 1.807) is 24.3 Å². The fraction of sp³-hybridized carbons (Fsp3) is 0.417. The van der Waals surface area contributed by atoms with E-state index in [0.29, 0.717) is 30.9 Å². The number of hydrogen-bond acceptors (Lipinski definition) is 5. The fourth-order valence-electron chi connectivity index (χ4n) is 1.19. The summed E-state index contributed by atoms with van der Waals surface area (Å²) in [6.07, 6.45) is 1.27. The molecular weight excluding hydrogens is 222 g/mol. The molecule has 0 aliphatic rings. The van der Waals surface area contributed by atoms with E-state index < -0.39 is 5.97 Å². The molecule has 1 aromatic carbocycles. The number of nitrogens with two attached hydrogens (primary N) is 1. The smallest absolute Gasteiger partial charge is 0.344 e. The molecule has 0 aromatic heterocycles. The maximum absolute atomic E-state index is 11.2. The topological polar surface area (TPSA) is 81.8 Å². The van der Waals surface area contributed by atoms with E-state index in [1.165, 1.54) is 0 Å². The van der Waals surface area contributed by atoms with Crippen LogP contribution < -0.4 is 10.5 Å². The second-order valence-corrected chi connectivity index (χ2v) is 3.48. The summed E-state index contributed by atoms with van der Waals surface area (Å²) in [6.45, 7) is 0.245. The number of carbonyl (C=O) groups is 1. The average molecular weight is 239 g/mol. The van der Waals surface area contributed by atoms with Gasteiger partial charge in [0.25, 0.3) is 0 Å². The average Bonchev–Trinajstić information content (AvgIpc) is 2.34. The largest absolute Gasteiger partial charge is 0.480 e. The van der Waals surface area contributed by atoms with Crippen LogP contribution in [0.25, 0.3) is 0 Å². The van der Waals surface area contributed by atoms with Gasteiger partial charge in [-0.25, -0.2) is 4.79 Å². The van der Waals surface area contributed by atoms with E-state index in [1.807, 2.05) is 0 Å². The molecule has 0 saturated heterocycles. The van der Waals surface area contributed by atoms with Crippen LogP contribution in [0.4, 0.5) is 5.69 Å². The maximum Gasteiger partial charge on any atom is 0.344 e. The van der Waals surface area contributed by atoms with E-state index in [-0.39, 0.29) is 13.2 Å². The molecule has 0 heterocycles. The van der Waals surface area contributed by atoms with Gasteiger partial charge in [0, 0.05) is 6.61 Å². The first-order valence-electron chi connectivity index (χ1n) is 5.48. The Morgan fingerprint density at radius 3 is 2.76 bits per heavy atom. The zero-order valence-corrected chi connectivity index (χ0v) is 9.59. The van der Waals surface area contributed by atoms with Crippen LogP contribution in [0.1, 0.15) is 12.8 Å². The number of rotatable bonds is 7. The van der Waals surface area contributed by atoms with Crippen molar-refractivity contribution in [3.05, 3.63) is 24.3 Å². The highest BCUT2D eigenvalue weighted by Gasteiger charge is 2.05. The summed E-state index contributed by atoms with van der Waals surface area (Å²) < 4.78 is 10.1. The number of carbonyl (C=O) groups excluding carboxylic acids is 1. The summed E-state index contributed by atoms with van der Waals surface area (Å²) in [4.78, 5) is 11.2. The third kappa shape index (κ3) is 5.21. The second-order valence-electron chi connectivity index (χ2n) is 3.48. The summed E-state index contributed by atoms with van der Waals surface area (Å²) >= 11 is 0. The van der Waals surface area contributed by atoms with Crippen molar-refractivity contribution in [3.8, 4) is 5.75 Å². The molecule has 0 atom stereocenters. The zero-order valence-electron chi connectivity index (χ0n) is 9.59. The van der Waals surface area contributed by atoms with Crippen molar-refractivity contribution >= 4 is 11.7 Å². The van der Waals surface area contributed by atoms with Crippen LogP contribution in [0.15, 0.2) is 24.3 Å². The van der Waals surface area contributed by atoms with Gasteiger partial charge in [-0.15, -0.1) is 0 Å². The monoisotopic (exact) mass is 239 g/mol. The van der Waals surface area contributed by atoms with E-state index >= 15 is 0 Å². The predicted octanol–water partition coefficient (Wildman–Crippen LogP) is 0.963. The Kier molecular flexibility index (Phi) is 5.88. The number of aliphatic hydroxyl groups is 1. The lowest BCUT2D eigenvalue weighted by Gasteiger charge is -2.08. The van der Waals surface area contributed by atoms with Crippen molar-refractivity contribution in [1.82, 2.24) is 0 Å². The van der Waals surface area contributed by atoms with Crippen LogP contribution >= 0.6 is 0 Å². The maximum atomic E-state index is 11.2. The Morgan fingerprint density at radius 1 is 1.29 bits per heavy atom. The van der Waals surface area contributed by atoms with Gasteiger partial charge in [0.15, 0.2) is 6.61 Å². The molecule has 0 aliphatic heterocycles. The minimum Gasteiger partial charge on any atom is -0.480 e. The first-order valence-corrected chi connectivity index (χ1v) is 5.48. The standard InChI is InChI=1S/C12H17NO4/c13-10-5-1-2-6-11(10)17-9-12(15)16-8-4-3-7-14/h1-2,5-6,14H,3-4,7-9,13H2. The lowest BCUT2D eigenvalue weighted by atomic mass is 10.3. The minimum absolute atomic E-state index is 0.106. The molecule has 5 heteroatoms. The Morgan fingerprint density at radius 2 is 2.06 bits per heavy atom. The zero-order chi connectivity index (χ0) is 12.5. The van der Waals surface area contributed by atoms with E-state index in [9.17, 15) is 4.79 Å². The lowest BCUT2D eigenvalue weighted by Crippen LogP contribution is -2.16. The van der Waals surface area contributed by atoms with Crippen molar-refractivity contribution in [2.45, 2.75) is 12.8 Å². The summed E-state index contributed by atoms with van der Waals surface area (Å²) in [5.74, 6) is 0.0333. The van der Waals surface area contributed by atoms with Gasteiger partial charge < -0.3 is 20.3 Å². The van der Waals surface area contributed by atoms with Crippen LogP contribution in [0, 0.1) is 0 Å². The highest BCUT2D eigenvalue weighted by molar-refractivity contribution is 5.71. The number of ether oxygens (including phenoxy) is 2. The van der Waals surface area contributed by atoms with Gasteiger partial charge in [-0.3, -0.25) is 0 Å². The third-order valence-electron chi connectivity index (χ3n) is 2.08. The van der Waals surface area contributed by atoms with Crippen LogP contribution in [-0.4, -0.2) is 30.9 Å². The Hall–Kier alpha value is -1.75. The van der Waals surface area contributed by atoms with Crippen LogP contribution in [-0.2, 0) is 9.53 Å². The molecule has 94 valence electrons. The van der Waals surface area contributed by atoms with E-state index in [4.69, 9.17) is 20.3 Å². The number of para-hydroxylation sites is 2. The van der Waals surface area contributed by atoms with Crippen molar-refractivity contribution in [3.63, 3.8) is 0 Å². The highest BCUT2D eigenvalue weighted by Crippen LogP contribution is 2.19. The van der Waals surface area contributed by atoms with Gasteiger partial charge in [0.1, 0.15) is 5.75 Å². The summed E-state index contributed by atoms with van der Waals surface area (Å²) in [6, 6.07) is 6.95. The Labute approximate surface area is 100 Å². The van der Waals surface area contributed by atoms with Crippen LogP contribution in [0.5, 0.6) is 5.75 Å². The normalized spacial score (nSPS) is 9.94. The van der Waals surface area contributed by atoms with Gasteiger partial charge >= 0.3 is 5.97 Å². The first-order chi connectivity index (χ1) is 8.24. The van der Waals surface area contributed by atoms with Crippen molar-refractivity contribution in [1.29, 1.82) is 0 Å². The molecule has 0 spiro atoms. The van der Waals surface area contributed by atoms with E-state index in [0.717, 1.165) is 0 Å². The molecule has 1 rings (SSSR count). The van der Waals surface area contributed by atoms with Crippen molar-refractivity contribution in [2.75, 3.05) is 25.6 Å². The molecule has 0 amide bonds. The second kappa shape index (κ2) is 7.51. The van der Waals surface area contributed by atoms with Crippen molar-refractivity contribution < 1.29 is 19.4 Å². The Bertz CT molecular complexity index is 354. The number of unbranched alkanes of at least 4 members (excludes halogenated alkanes) is 1. The SMILES string of the molecule is Nc1ccccc1OCC(=O)OCCCCO. The fourth-order valence-corrected chi connectivity index (χ4v) is 1.19. The van der Waals surface area contributed by atoms with Gasteiger partial charge in [-0.05, 0) is 25.0 Å². The van der Waals surface area contributed by atoms with Crippen LogP contribution in [0.3, 0.4) is 0 Å². The summed E-state index contributed by atoms with van der Waals surface area (Å²) in [7, 11) is 0. The first kappa shape index (κ1) is 13.3. The molecule has 5 nitrogen and oxygen atoms in total. The molecule has 0 bridgehead atoms. The number of anilines is 1. The predicted molar refractivity (Wildman–Crippen MR) is 63.6 cm³/mol. The van der Waals surface area contributed by atoms with Gasteiger partial charge in [0.2, 0.25) is 0 Å². The van der Waals surface area contributed by atoms with Crippen LogP contribution in [0.2, 0.25) is 0 Å². The van der Waals surface area contributed by atoms with Gasteiger partial charge in [0.05, 0.1) is 12.3 Å². The highest BCUT2D eigenvalue weighted by atomic mass is 16.6. The van der Waals surface area contributed by atoms with Gasteiger partial charge in [-0.1, -0.05) is 12.1 Å². The quantitative estimate of drug-likeness (QED) is 0.421. The number of aliphatic hydroxyl groups excluding tert-OH is 1. The molecule has 3 N–H and O–H groups in total. The molecule has 0 unspecified atom stereocenters. The van der Waals surface area contributed by atoms with Gasteiger partial charge in [-0.2, -0.15) is 0 Å². The summed E-state index contributed by atoms with van der Waals surface area (Å²) in [5, 5.41) is 8.53. The Balaban J connectivity index is 2.22. The third-order valence-corrected chi connectivity index (χ3v) is 2.08. The van der Waals surface area contributed by atoms with Crippen molar-refractivity contribution in [2.24, 2.45) is 0 Å². The molecule has 1 aromatic rings. The number of nitrogen functional groups attached to an aromatic ring is 1. The lowest BCUT2D eigenvalue weighted by molar-refractivity contribution is -0.146. The minimum atomic E-state index is -0.439.